The van der Waals surface area contributed by atoms with Crippen LogP contribution in [0.1, 0.15) is 58.7 Å². The van der Waals surface area contributed by atoms with Crippen molar-refractivity contribution in [3.8, 4) is 0 Å². The largest absolute Gasteiger partial charge is 0.365 e. The maximum atomic E-state index is 12.6. The molecule has 2 aromatic rings. The van der Waals surface area contributed by atoms with Gasteiger partial charge in [-0.05, 0) is 44.6 Å². The maximum absolute atomic E-state index is 12.6. The Morgan fingerprint density at radius 3 is 2.81 bits per heavy atom. The lowest BCUT2D eigenvalue weighted by Crippen LogP contribution is -2.24. The number of thioether (sulfide) groups is 1. The van der Waals surface area contributed by atoms with Crippen molar-refractivity contribution < 1.29 is 9.59 Å². The summed E-state index contributed by atoms with van der Waals surface area (Å²) in [5.74, 6) is 0.874. The van der Waals surface area contributed by atoms with E-state index in [0.29, 0.717) is 16.5 Å². The van der Waals surface area contributed by atoms with Crippen LogP contribution in [0.4, 0.5) is 5.00 Å². The molecule has 1 atom stereocenters. The molecular formula is C17H21N5O2S2. The minimum Gasteiger partial charge on any atom is -0.365 e. The fourth-order valence-corrected chi connectivity index (χ4v) is 5.42. The predicted molar refractivity (Wildman–Crippen MR) is 102 cm³/mol. The summed E-state index contributed by atoms with van der Waals surface area (Å²) in [5, 5.41) is 12.3. The Morgan fingerprint density at radius 2 is 2.12 bits per heavy atom. The SMILES string of the molecule is C[C@@H](Sc1nnc(C2CC2)n1C)C(=O)Nc1sc2c(c1C(N)=O)CCC2. The third-order valence-corrected chi connectivity index (χ3v) is 7.21. The number of anilines is 1. The van der Waals surface area contributed by atoms with Crippen LogP contribution in [0.25, 0.3) is 0 Å². The lowest BCUT2D eigenvalue weighted by molar-refractivity contribution is -0.115. The zero-order valence-electron chi connectivity index (χ0n) is 14.7. The highest BCUT2D eigenvalue weighted by atomic mass is 32.2. The van der Waals surface area contributed by atoms with E-state index in [1.165, 1.54) is 23.1 Å². The molecule has 0 aromatic carbocycles. The highest BCUT2D eigenvalue weighted by Gasteiger charge is 2.31. The highest BCUT2D eigenvalue weighted by Crippen LogP contribution is 2.41. The minimum absolute atomic E-state index is 0.159. The van der Waals surface area contributed by atoms with Crippen molar-refractivity contribution in [1.29, 1.82) is 0 Å². The molecule has 7 nitrogen and oxygen atoms in total. The minimum atomic E-state index is -0.470. The molecular weight excluding hydrogens is 370 g/mol. The monoisotopic (exact) mass is 391 g/mol. The van der Waals surface area contributed by atoms with E-state index in [0.717, 1.165) is 53.5 Å². The number of carbonyl (C=O) groups is 2. The van der Waals surface area contributed by atoms with Gasteiger partial charge in [-0.25, -0.2) is 0 Å². The maximum Gasteiger partial charge on any atom is 0.251 e. The average molecular weight is 392 g/mol. The van der Waals surface area contributed by atoms with Crippen LogP contribution in [0.3, 0.4) is 0 Å². The number of primary amides is 1. The van der Waals surface area contributed by atoms with Crippen LogP contribution in [0.5, 0.6) is 0 Å². The number of amides is 2. The number of aryl methyl sites for hydroxylation is 1. The normalized spacial score (nSPS) is 17.2. The van der Waals surface area contributed by atoms with Crippen LogP contribution >= 0.6 is 23.1 Å². The first kappa shape index (κ1) is 17.5. The van der Waals surface area contributed by atoms with Gasteiger partial charge in [0.2, 0.25) is 5.91 Å². The molecule has 2 aliphatic rings. The molecule has 0 bridgehead atoms. The van der Waals surface area contributed by atoms with E-state index in [2.05, 4.69) is 15.5 Å². The number of hydrogen-bond acceptors (Lipinski definition) is 6. The molecule has 9 heteroatoms. The Bertz CT molecular complexity index is 884. The molecule has 2 amide bonds. The number of carbonyl (C=O) groups excluding carboxylic acids is 2. The fourth-order valence-electron chi connectivity index (χ4n) is 3.30. The van der Waals surface area contributed by atoms with Crippen LogP contribution in [0.15, 0.2) is 5.16 Å². The first-order chi connectivity index (χ1) is 12.5. The van der Waals surface area contributed by atoms with Gasteiger partial charge in [-0.15, -0.1) is 21.5 Å². The summed E-state index contributed by atoms with van der Waals surface area (Å²) in [5.41, 5.74) is 7.06. The number of hydrogen-bond donors (Lipinski definition) is 2. The molecule has 2 aliphatic carbocycles. The van der Waals surface area contributed by atoms with Crippen molar-refractivity contribution in [2.24, 2.45) is 12.8 Å². The second-order valence-electron chi connectivity index (χ2n) is 6.85. The van der Waals surface area contributed by atoms with E-state index in [1.54, 1.807) is 0 Å². The molecule has 1 saturated carbocycles. The smallest absolute Gasteiger partial charge is 0.251 e. The van der Waals surface area contributed by atoms with Gasteiger partial charge in [-0.1, -0.05) is 11.8 Å². The summed E-state index contributed by atoms with van der Waals surface area (Å²) in [7, 11) is 1.94. The number of aromatic nitrogens is 3. The zero-order valence-corrected chi connectivity index (χ0v) is 16.4. The van der Waals surface area contributed by atoms with E-state index in [4.69, 9.17) is 5.73 Å². The molecule has 2 heterocycles. The van der Waals surface area contributed by atoms with Gasteiger partial charge in [0.25, 0.3) is 5.91 Å². The molecule has 0 saturated heterocycles. The van der Waals surface area contributed by atoms with Gasteiger partial charge < -0.3 is 15.6 Å². The lowest BCUT2D eigenvalue weighted by atomic mass is 10.1. The zero-order chi connectivity index (χ0) is 18.4. The molecule has 2 aromatic heterocycles. The Labute approximate surface area is 159 Å². The van der Waals surface area contributed by atoms with Gasteiger partial charge in [0.05, 0.1) is 10.8 Å². The van der Waals surface area contributed by atoms with Crippen molar-refractivity contribution >= 4 is 39.9 Å². The third-order valence-electron chi connectivity index (χ3n) is 4.87. The first-order valence-electron chi connectivity index (χ1n) is 8.76. The number of nitrogens with zero attached hydrogens (tertiary/aromatic N) is 3. The van der Waals surface area contributed by atoms with Gasteiger partial charge in [-0.3, -0.25) is 9.59 Å². The quantitative estimate of drug-likeness (QED) is 0.736. The number of nitrogens with one attached hydrogen (secondary N) is 1. The Balaban J connectivity index is 1.47. The number of rotatable bonds is 6. The number of thiophene rings is 1. The van der Waals surface area contributed by atoms with Crippen molar-refractivity contribution in [3.63, 3.8) is 0 Å². The van der Waals surface area contributed by atoms with Crippen LogP contribution in [0.2, 0.25) is 0 Å². The average Bonchev–Trinajstić information content (AvgIpc) is 3.08. The van der Waals surface area contributed by atoms with Crippen molar-refractivity contribution in [2.75, 3.05) is 5.32 Å². The fraction of sp³-hybridized carbons (Fsp3) is 0.529. The van der Waals surface area contributed by atoms with E-state index < -0.39 is 5.91 Å². The molecule has 4 rings (SSSR count). The third kappa shape index (κ3) is 3.14. The second kappa shape index (κ2) is 6.70. The predicted octanol–water partition coefficient (Wildman–Crippen LogP) is 2.46. The van der Waals surface area contributed by atoms with Gasteiger partial charge >= 0.3 is 0 Å². The van der Waals surface area contributed by atoms with Crippen LogP contribution in [0, 0.1) is 0 Å². The van der Waals surface area contributed by atoms with Gasteiger partial charge in [-0.2, -0.15) is 0 Å². The van der Waals surface area contributed by atoms with Gasteiger partial charge in [0.15, 0.2) is 5.16 Å². The van der Waals surface area contributed by atoms with Crippen molar-refractivity contribution in [3.05, 3.63) is 21.8 Å². The summed E-state index contributed by atoms with van der Waals surface area (Å²) in [6.45, 7) is 1.83. The Morgan fingerprint density at radius 1 is 1.35 bits per heavy atom. The van der Waals surface area contributed by atoms with Crippen LogP contribution < -0.4 is 11.1 Å². The van der Waals surface area contributed by atoms with Gasteiger partial charge in [0.1, 0.15) is 10.8 Å². The van der Waals surface area contributed by atoms with E-state index in [-0.39, 0.29) is 11.2 Å². The summed E-state index contributed by atoms with van der Waals surface area (Å²) in [6.07, 6.45) is 5.16. The molecule has 0 spiro atoms. The first-order valence-corrected chi connectivity index (χ1v) is 10.5. The Hall–Kier alpha value is -1.87. The van der Waals surface area contributed by atoms with Crippen molar-refractivity contribution in [2.45, 2.75) is 55.4 Å². The molecule has 0 aliphatic heterocycles. The topological polar surface area (TPSA) is 103 Å². The van der Waals surface area contributed by atoms with E-state index in [1.807, 2.05) is 18.5 Å². The molecule has 26 heavy (non-hydrogen) atoms. The standard InChI is InChI=1S/C17H21N5O2S2/c1-8(25-17-21-20-14(22(17)2)9-6-7-9)15(24)19-16-12(13(18)23)10-4-3-5-11(10)26-16/h8-9H,3-7H2,1-2H3,(H2,18,23)(H,19,24)/t8-/m1/s1. The number of nitrogens with two attached hydrogens (primary N) is 1. The van der Waals surface area contributed by atoms with E-state index in [9.17, 15) is 9.59 Å². The molecule has 1 fully saturated rings. The second-order valence-corrected chi connectivity index (χ2v) is 9.26. The molecule has 0 radical (unpaired) electrons. The molecule has 138 valence electrons. The number of fused-ring (bicyclic) bond motifs is 1. The van der Waals surface area contributed by atoms with Crippen LogP contribution in [-0.4, -0.2) is 31.8 Å². The van der Waals surface area contributed by atoms with E-state index >= 15 is 0 Å². The highest BCUT2D eigenvalue weighted by molar-refractivity contribution is 8.00. The molecule has 0 unspecified atom stereocenters. The van der Waals surface area contributed by atoms with Gasteiger partial charge in [0, 0.05) is 17.8 Å². The lowest BCUT2D eigenvalue weighted by Gasteiger charge is -2.12. The summed E-state index contributed by atoms with van der Waals surface area (Å²) in [6, 6.07) is 0. The summed E-state index contributed by atoms with van der Waals surface area (Å²) in [4.78, 5) is 25.7. The summed E-state index contributed by atoms with van der Waals surface area (Å²) < 4.78 is 1.97. The van der Waals surface area contributed by atoms with Crippen molar-refractivity contribution in [1.82, 2.24) is 14.8 Å². The van der Waals surface area contributed by atoms with Crippen LogP contribution in [-0.2, 0) is 24.7 Å². The Kier molecular flexibility index (Phi) is 4.52. The molecule has 3 N–H and O–H groups in total. The summed E-state index contributed by atoms with van der Waals surface area (Å²) >= 11 is 2.85.